The zero-order valence-corrected chi connectivity index (χ0v) is 7.38. The average Bonchev–Trinajstić information content (AvgIpc) is 2.13. The summed E-state index contributed by atoms with van der Waals surface area (Å²) in [7, 11) is 0. The number of hydrogen-bond acceptors (Lipinski definition) is 1. The molecule has 0 amide bonds. The Kier molecular flexibility index (Phi) is 13.6. The minimum atomic E-state index is 0.322. The van der Waals surface area contributed by atoms with E-state index in [9.17, 15) is 0 Å². The van der Waals surface area contributed by atoms with Crippen molar-refractivity contribution >= 4 is 11.6 Å². The lowest BCUT2D eigenvalue weighted by Crippen LogP contribution is -1.56. The number of hydrogen-bond donors (Lipinski definition) is 1. The number of alkyl halides is 1. The molecule has 1 rings (SSSR count). The predicted octanol–water partition coefficient (Wildman–Crippen LogP) is 3.05. The van der Waals surface area contributed by atoms with Gasteiger partial charge in [0.05, 0.1) is 0 Å². The van der Waals surface area contributed by atoms with Crippen LogP contribution in [0.2, 0.25) is 0 Å². The van der Waals surface area contributed by atoms with E-state index >= 15 is 0 Å². The summed E-state index contributed by atoms with van der Waals surface area (Å²) in [4.78, 5) is 0. The first-order valence-electron chi connectivity index (χ1n) is 3.01. The van der Waals surface area contributed by atoms with E-state index < -0.39 is 0 Å². The van der Waals surface area contributed by atoms with E-state index in [2.05, 4.69) is 24.8 Å². The monoisotopic (exact) mass is 172 g/mol. The van der Waals surface area contributed by atoms with Crippen LogP contribution >= 0.6 is 11.6 Å². The molecule has 1 N–H and O–H groups in total. The summed E-state index contributed by atoms with van der Waals surface area (Å²) in [5, 5.41) is 8.63. The van der Waals surface area contributed by atoms with Crippen molar-refractivity contribution in [3.63, 3.8) is 0 Å². The molecule has 0 aliphatic carbocycles. The van der Waals surface area contributed by atoms with Gasteiger partial charge in [-0.1, -0.05) is 18.2 Å². The van der Waals surface area contributed by atoms with Crippen molar-refractivity contribution in [1.29, 1.82) is 0 Å². The van der Waals surface area contributed by atoms with Crippen molar-refractivity contribution in [3.8, 4) is 5.75 Å². The lowest BCUT2D eigenvalue weighted by Gasteiger charge is -1.82. The molecule has 0 unspecified atom stereocenters. The molecule has 0 spiro atoms. The fourth-order valence-corrected chi connectivity index (χ4v) is 0.428. The quantitative estimate of drug-likeness (QED) is 0.471. The third-order valence-electron chi connectivity index (χ3n) is 0.756. The maximum absolute atomic E-state index is 8.63. The van der Waals surface area contributed by atoms with Gasteiger partial charge in [0, 0.05) is 6.38 Å². The molecule has 0 aromatic heterocycles. The normalized spacial score (nSPS) is 6.36. The number of phenols is 1. The van der Waals surface area contributed by atoms with Crippen molar-refractivity contribution in [3.05, 3.63) is 43.5 Å². The highest BCUT2D eigenvalue weighted by Crippen LogP contribution is 2.02. The summed E-state index contributed by atoms with van der Waals surface area (Å²) in [6.45, 7) is 6.00. The van der Waals surface area contributed by atoms with E-state index in [1.807, 2.05) is 6.07 Å². The van der Waals surface area contributed by atoms with Gasteiger partial charge in [0.1, 0.15) is 5.75 Å². The van der Waals surface area contributed by atoms with Gasteiger partial charge in [-0.2, -0.15) is 0 Å². The van der Waals surface area contributed by atoms with Gasteiger partial charge in [-0.05, 0) is 12.1 Å². The maximum atomic E-state index is 8.63. The number of benzene rings is 1. The summed E-state index contributed by atoms with van der Waals surface area (Å²) in [5.41, 5.74) is 0. The smallest absolute Gasteiger partial charge is 0.115 e. The molecule has 11 heavy (non-hydrogen) atoms. The summed E-state index contributed by atoms with van der Waals surface area (Å²) < 4.78 is 0. The van der Waals surface area contributed by atoms with Crippen molar-refractivity contribution in [1.82, 2.24) is 0 Å². The second-order valence-electron chi connectivity index (χ2n) is 1.34. The minimum Gasteiger partial charge on any atom is -0.508 e. The van der Waals surface area contributed by atoms with Crippen LogP contribution in [0.5, 0.6) is 5.75 Å². The summed E-state index contributed by atoms with van der Waals surface area (Å²) in [5.74, 6) is 0.322. The van der Waals surface area contributed by atoms with Gasteiger partial charge < -0.3 is 5.11 Å². The number of rotatable bonds is 0. The van der Waals surface area contributed by atoms with Crippen molar-refractivity contribution in [2.24, 2.45) is 0 Å². The molecule has 0 atom stereocenters. The lowest BCUT2D eigenvalue weighted by molar-refractivity contribution is 0.475. The number of aromatic hydroxyl groups is 1. The molecule has 1 nitrogen and oxygen atoms in total. The Bertz CT molecular complexity index is 151. The summed E-state index contributed by atoms with van der Waals surface area (Å²) in [6.07, 6.45) is 1.47. The van der Waals surface area contributed by atoms with Gasteiger partial charge in [0.15, 0.2) is 0 Å². The summed E-state index contributed by atoms with van der Waals surface area (Å²) in [6, 6.07) is 8.71. The van der Waals surface area contributed by atoms with E-state index in [4.69, 9.17) is 5.11 Å². The fraction of sp³-hybridized carbons (Fsp3) is 0.111. The van der Waals surface area contributed by atoms with Gasteiger partial charge in [-0.25, -0.2) is 0 Å². The van der Waals surface area contributed by atoms with Gasteiger partial charge >= 0.3 is 0 Å². The van der Waals surface area contributed by atoms with Crippen molar-refractivity contribution in [2.45, 2.75) is 0 Å². The Hall–Kier alpha value is -0.950. The van der Waals surface area contributed by atoms with Gasteiger partial charge in [-0.15, -0.1) is 24.8 Å². The van der Waals surface area contributed by atoms with Crippen LogP contribution in [0.1, 0.15) is 0 Å². The topological polar surface area (TPSA) is 20.2 Å². The van der Waals surface area contributed by atoms with Crippen LogP contribution in [-0.4, -0.2) is 11.5 Å². The molecule has 62 valence electrons. The Morgan fingerprint density at radius 2 is 1.45 bits per heavy atom. The van der Waals surface area contributed by atoms with E-state index in [1.54, 1.807) is 24.3 Å². The van der Waals surface area contributed by atoms with Crippen molar-refractivity contribution < 1.29 is 5.11 Å². The van der Waals surface area contributed by atoms with E-state index in [0.717, 1.165) is 0 Å². The van der Waals surface area contributed by atoms with Crippen LogP contribution < -0.4 is 0 Å². The molecule has 0 bridgehead atoms. The molecular formula is C9H13ClO. The first-order valence-corrected chi connectivity index (χ1v) is 3.77. The van der Waals surface area contributed by atoms with Gasteiger partial charge in [-0.3, -0.25) is 0 Å². The molecular weight excluding hydrogens is 160 g/mol. The standard InChI is InChI=1S/C6H6O.C2H4.CH3Cl/c7-6-4-2-1-3-5-6;2*1-2/h1-5,7H;1-2H2;1H3. The van der Waals surface area contributed by atoms with Crippen LogP contribution in [0, 0.1) is 0 Å². The van der Waals surface area contributed by atoms with Gasteiger partial charge in [0.2, 0.25) is 0 Å². The molecule has 0 aliphatic heterocycles. The first-order chi connectivity index (χ1) is 5.39. The Morgan fingerprint density at radius 1 is 1.09 bits per heavy atom. The third-order valence-corrected chi connectivity index (χ3v) is 0.756. The second-order valence-corrected chi connectivity index (χ2v) is 1.34. The molecule has 0 saturated heterocycles. The largest absolute Gasteiger partial charge is 0.508 e. The number of para-hydroxylation sites is 1. The number of halogens is 1. The number of phenolic OH excluding ortho intramolecular Hbond substituents is 1. The summed E-state index contributed by atoms with van der Waals surface area (Å²) >= 11 is 4.64. The van der Waals surface area contributed by atoms with Crippen LogP contribution in [-0.2, 0) is 0 Å². The first kappa shape index (κ1) is 12.7. The zero-order valence-electron chi connectivity index (χ0n) is 6.63. The van der Waals surface area contributed by atoms with E-state index in [0.29, 0.717) is 5.75 Å². The van der Waals surface area contributed by atoms with Crippen LogP contribution in [0.3, 0.4) is 0 Å². The Balaban J connectivity index is 0. The highest BCUT2D eigenvalue weighted by Gasteiger charge is 1.74. The molecule has 0 radical (unpaired) electrons. The molecule has 0 saturated carbocycles. The van der Waals surface area contributed by atoms with Crippen LogP contribution in [0.15, 0.2) is 43.5 Å². The average molecular weight is 173 g/mol. The SMILES string of the molecule is C=C.CCl.Oc1ccccc1. The third kappa shape index (κ3) is 9.05. The van der Waals surface area contributed by atoms with E-state index in [-0.39, 0.29) is 0 Å². The minimum absolute atomic E-state index is 0.322. The second kappa shape index (κ2) is 11.8. The van der Waals surface area contributed by atoms with Crippen molar-refractivity contribution in [2.75, 3.05) is 6.38 Å². The molecule has 2 heteroatoms. The molecule has 0 aliphatic rings. The highest BCUT2D eigenvalue weighted by atomic mass is 35.5. The van der Waals surface area contributed by atoms with Crippen LogP contribution in [0.25, 0.3) is 0 Å². The predicted molar refractivity (Wildman–Crippen MR) is 51.1 cm³/mol. The van der Waals surface area contributed by atoms with Gasteiger partial charge in [0.25, 0.3) is 0 Å². The zero-order chi connectivity index (χ0) is 9.11. The maximum Gasteiger partial charge on any atom is 0.115 e. The lowest BCUT2D eigenvalue weighted by atomic mass is 10.3. The highest BCUT2D eigenvalue weighted by molar-refractivity contribution is 6.15. The molecule has 0 heterocycles. The molecule has 1 aromatic carbocycles. The Morgan fingerprint density at radius 3 is 1.64 bits per heavy atom. The molecule has 0 fully saturated rings. The fourth-order valence-electron chi connectivity index (χ4n) is 0.428. The Labute approximate surface area is 72.9 Å². The van der Waals surface area contributed by atoms with E-state index in [1.165, 1.54) is 6.38 Å². The van der Waals surface area contributed by atoms with Crippen LogP contribution in [0.4, 0.5) is 0 Å². The molecule has 1 aromatic rings.